The molecule has 18 heavy (non-hydrogen) atoms. The molecule has 2 nitrogen and oxygen atoms in total. The lowest BCUT2D eigenvalue weighted by atomic mass is 9.91. The fraction of sp³-hybridized carbons (Fsp3) is 0.188. The van der Waals surface area contributed by atoms with Gasteiger partial charge in [-0.2, -0.15) is 0 Å². The van der Waals surface area contributed by atoms with E-state index >= 15 is 0 Å². The van der Waals surface area contributed by atoms with Gasteiger partial charge >= 0.3 is 0 Å². The van der Waals surface area contributed by atoms with E-state index in [0.717, 1.165) is 11.1 Å². The summed E-state index contributed by atoms with van der Waals surface area (Å²) in [6.07, 6.45) is -0.244. The smallest absolute Gasteiger partial charge is 0.293 e. The van der Waals surface area contributed by atoms with Crippen molar-refractivity contribution >= 4 is 6.47 Å². The molecule has 2 aromatic rings. The molecule has 0 saturated heterocycles. The van der Waals surface area contributed by atoms with E-state index in [0.29, 0.717) is 6.47 Å². The quantitative estimate of drug-likeness (QED) is 0.745. The van der Waals surface area contributed by atoms with Crippen LogP contribution in [0, 0.1) is 0 Å². The van der Waals surface area contributed by atoms with Gasteiger partial charge in [-0.05, 0) is 11.1 Å². The molecule has 0 heterocycles. The van der Waals surface area contributed by atoms with Crippen molar-refractivity contribution in [3.05, 3.63) is 71.8 Å². The van der Waals surface area contributed by atoms with Gasteiger partial charge in [-0.15, -0.1) is 0 Å². The van der Waals surface area contributed by atoms with E-state index in [9.17, 15) is 4.79 Å². The molecule has 0 aliphatic heterocycles. The van der Waals surface area contributed by atoms with E-state index in [2.05, 4.69) is 19.1 Å². The summed E-state index contributed by atoms with van der Waals surface area (Å²) in [6.45, 7) is 2.59. The SMILES string of the molecule is CC(c1ccccc1)C(OC=O)c1ccccc1. The van der Waals surface area contributed by atoms with Crippen LogP contribution in [0.4, 0.5) is 0 Å². The Morgan fingerprint density at radius 1 is 0.889 bits per heavy atom. The molecule has 2 heteroatoms. The van der Waals surface area contributed by atoms with Gasteiger partial charge in [-0.3, -0.25) is 4.79 Å². The van der Waals surface area contributed by atoms with Crippen molar-refractivity contribution < 1.29 is 9.53 Å². The molecular formula is C16H16O2. The number of hydrogen-bond acceptors (Lipinski definition) is 2. The van der Waals surface area contributed by atoms with Gasteiger partial charge in [0.05, 0.1) is 0 Å². The molecule has 2 atom stereocenters. The van der Waals surface area contributed by atoms with E-state index in [1.165, 1.54) is 0 Å². The molecule has 0 saturated carbocycles. The molecule has 0 aromatic heterocycles. The minimum atomic E-state index is -0.244. The van der Waals surface area contributed by atoms with Crippen LogP contribution in [0.25, 0.3) is 0 Å². The van der Waals surface area contributed by atoms with Crippen LogP contribution in [0.5, 0.6) is 0 Å². The third-order valence-electron chi connectivity index (χ3n) is 3.11. The molecule has 92 valence electrons. The Balaban J connectivity index is 2.28. The molecule has 2 unspecified atom stereocenters. The second-order valence-electron chi connectivity index (χ2n) is 4.26. The van der Waals surface area contributed by atoms with Crippen LogP contribution in [-0.2, 0) is 9.53 Å². The van der Waals surface area contributed by atoms with Crippen molar-refractivity contribution in [1.82, 2.24) is 0 Å². The second kappa shape index (κ2) is 6.01. The summed E-state index contributed by atoms with van der Waals surface area (Å²) in [4.78, 5) is 10.7. The molecule has 0 aliphatic carbocycles. The lowest BCUT2D eigenvalue weighted by molar-refractivity contribution is -0.134. The van der Waals surface area contributed by atoms with E-state index in [1.807, 2.05) is 48.5 Å². The van der Waals surface area contributed by atoms with Crippen LogP contribution in [0.2, 0.25) is 0 Å². The molecule has 0 aliphatic rings. The largest absolute Gasteiger partial charge is 0.459 e. The van der Waals surface area contributed by atoms with Crippen LogP contribution in [0.15, 0.2) is 60.7 Å². The Morgan fingerprint density at radius 3 is 1.89 bits per heavy atom. The van der Waals surface area contributed by atoms with Crippen LogP contribution in [-0.4, -0.2) is 6.47 Å². The maximum absolute atomic E-state index is 10.7. The van der Waals surface area contributed by atoms with E-state index in [-0.39, 0.29) is 12.0 Å². The highest BCUT2D eigenvalue weighted by Crippen LogP contribution is 2.32. The zero-order valence-corrected chi connectivity index (χ0v) is 10.3. The first-order valence-corrected chi connectivity index (χ1v) is 6.02. The van der Waals surface area contributed by atoms with Crippen molar-refractivity contribution in [3.8, 4) is 0 Å². The lowest BCUT2D eigenvalue weighted by Gasteiger charge is -2.23. The van der Waals surface area contributed by atoms with Crippen LogP contribution in [0.1, 0.15) is 30.1 Å². The van der Waals surface area contributed by atoms with Gasteiger partial charge in [0.15, 0.2) is 0 Å². The summed E-state index contributed by atoms with van der Waals surface area (Å²) in [5.41, 5.74) is 2.18. The monoisotopic (exact) mass is 240 g/mol. The number of rotatable bonds is 5. The third kappa shape index (κ3) is 2.77. The molecule has 0 bridgehead atoms. The highest BCUT2D eigenvalue weighted by atomic mass is 16.5. The zero-order valence-electron chi connectivity index (χ0n) is 10.3. The highest BCUT2D eigenvalue weighted by Gasteiger charge is 2.21. The van der Waals surface area contributed by atoms with E-state index in [1.54, 1.807) is 0 Å². The molecule has 0 amide bonds. The Morgan fingerprint density at radius 2 is 1.39 bits per heavy atom. The van der Waals surface area contributed by atoms with Gasteiger partial charge in [0.2, 0.25) is 0 Å². The number of benzene rings is 2. The Hall–Kier alpha value is -2.09. The normalized spacial score (nSPS) is 13.6. The van der Waals surface area contributed by atoms with Gasteiger partial charge < -0.3 is 4.74 Å². The summed E-state index contributed by atoms with van der Waals surface area (Å²) in [7, 11) is 0. The molecule has 0 fully saturated rings. The fourth-order valence-corrected chi connectivity index (χ4v) is 2.12. The molecule has 0 spiro atoms. The second-order valence-corrected chi connectivity index (χ2v) is 4.26. The topological polar surface area (TPSA) is 26.3 Å². The van der Waals surface area contributed by atoms with Gasteiger partial charge in [0.1, 0.15) is 6.10 Å². The van der Waals surface area contributed by atoms with Crippen molar-refractivity contribution in [3.63, 3.8) is 0 Å². The summed E-state index contributed by atoms with van der Waals surface area (Å²) >= 11 is 0. The third-order valence-corrected chi connectivity index (χ3v) is 3.11. The minimum absolute atomic E-state index is 0.124. The van der Waals surface area contributed by atoms with Crippen LogP contribution in [0.3, 0.4) is 0 Å². The number of carbonyl (C=O) groups excluding carboxylic acids is 1. The van der Waals surface area contributed by atoms with Gasteiger partial charge in [0, 0.05) is 5.92 Å². The van der Waals surface area contributed by atoms with Gasteiger partial charge in [-0.1, -0.05) is 67.6 Å². The average Bonchev–Trinajstić information content (AvgIpc) is 2.46. The molecule has 2 rings (SSSR count). The van der Waals surface area contributed by atoms with E-state index in [4.69, 9.17) is 4.74 Å². The lowest BCUT2D eigenvalue weighted by Crippen LogP contribution is -2.11. The fourth-order valence-electron chi connectivity index (χ4n) is 2.12. The summed E-state index contributed by atoms with van der Waals surface area (Å²) in [5, 5.41) is 0. The first-order valence-electron chi connectivity index (χ1n) is 6.02. The van der Waals surface area contributed by atoms with Crippen LogP contribution >= 0.6 is 0 Å². The van der Waals surface area contributed by atoms with Crippen molar-refractivity contribution in [2.45, 2.75) is 18.9 Å². The molecule has 0 radical (unpaired) electrons. The predicted molar refractivity (Wildman–Crippen MR) is 71.2 cm³/mol. The summed E-state index contributed by atoms with van der Waals surface area (Å²) < 4.78 is 5.26. The summed E-state index contributed by atoms with van der Waals surface area (Å²) in [5.74, 6) is 0.124. The number of ether oxygens (including phenoxy) is 1. The minimum Gasteiger partial charge on any atom is -0.459 e. The Labute approximate surface area is 107 Å². The Bertz CT molecular complexity index is 479. The maximum Gasteiger partial charge on any atom is 0.293 e. The molecule has 0 N–H and O–H groups in total. The molecule has 2 aromatic carbocycles. The predicted octanol–water partition coefficient (Wildman–Crippen LogP) is 3.70. The first-order chi connectivity index (χ1) is 8.83. The average molecular weight is 240 g/mol. The van der Waals surface area contributed by atoms with Gasteiger partial charge in [-0.25, -0.2) is 0 Å². The van der Waals surface area contributed by atoms with Crippen molar-refractivity contribution in [2.24, 2.45) is 0 Å². The first kappa shape index (κ1) is 12.4. The van der Waals surface area contributed by atoms with Crippen molar-refractivity contribution in [1.29, 1.82) is 0 Å². The van der Waals surface area contributed by atoms with Gasteiger partial charge in [0.25, 0.3) is 6.47 Å². The van der Waals surface area contributed by atoms with Crippen molar-refractivity contribution in [2.75, 3.05) is 0 Å². The number of carbonyl (C=O) groups is 1. The highest BCUT2D eigenvalue weighted by molar-refractivity contribution is 5.40. The standard InChI is InChI=1S/C16H16O2/c1-13(14-8-4-2-5-9-14)16(18-12-17)15-10-6-3-7-11-15/h2-13,16H,1H3. The number of hydrogen-bond donors (Lipinski definition) is 0. The van der Waals surface area contributed by atoms with E-state index < -0.39 is 0 Å². The molecular weight excluding hydrogens is 224 g/mol. The zero-order chi connectivity index (χ0) is 12.8. The summed E-state index contributed by atoms with van der Waals surface area (Å²) in [6, 6.07) is 19.9. The van der Waals surface area contributed by atoms with Crippen LogP contribution < -0.4 is 0 Å². The Kier molecular flexibility index (Phi) is 4.13. The maximum atomic E-state index is 10.7.